The van der Waals surface area contributed by atoms with Gasteiger partial charge in [-0.2, -0.15) is 0 Å². The predicted molar refractivity (Wildman–Crippen MR) is 64.0 cm³/mol. The van der Waals surface area contributed by atoms with Crippen LogP contribution in [0, 0.1) is 0 Å². The first-order valence-electron chi connectivity index (χ1n) is 5.11. The maximum Gasteiger partial charge on any atom is 0.188 e. The average Bonchev–Trinajstić information content (AvgIpc) is 2.27. The lowest BCUT2D eigenvalue weighted by atomic mass is 10.1. The summed E-state index contributed by atoms with van der Waals surface area (Å²) in [6.07, 6.45) is 0.739. The van der Waals surface area contributed by atoms with Gasteiger partial charge in [0.25, 0.3) is 0 Å². The van der Waals surface area contributed by atoms with Crippen LogP contribution >= 0.6 is 0 Å². The van der Waals surface area contributed by atoms with E-state index in [-0.39, 0.29) is 6.79 Å². The number of hydrogen-bond acceptors (Lipinski definition) is 3. The lowest BCUT2D eigenvalue weighted by molar-refractivity contribution is 0.0503. The van der Waals surface area contributed by atoms with Gasteiger partial charge in [0.2, 0.25) is 0 Å². The van der Waals surface area contributed by atoms with Crippen LogP contribution in [0.3, 0.4) is 0 Å². The first-order chi connectivity index (χ1) is 7.69. The van der Waals surface area contributed by atoms with E-state index in [0.717, 1.165) is 29.1 Å². The summed E-state index contributed by atoms with van der Waals surface area (Å²) in [5.41, 5.74) is 2.07. The Morgan fingerprint density at radius 3 is 2.50 bits per heavy atom. The number of rotatable bonds is 6. The molecule has 1 aromatic carbocycles. The van der Waals surface area contributed by atoms with E-state index in [1.165, 1.54) is 0 Å². The number of allylic oxidation sites excluding steroid dienone is 1. The van der Waals surface area contributed by atoms with Crippen molar-refractivity contribution in [1.82, 2.24) is 0 Å². The van der Waals surface area contributed by atoms with Gasteiger partial charge in [0.15, 0.2) is 6.79 Å². The molecule has 0 unspecified atom stereocenters. The molecule has 0 bridgehead atoms. The molecule has 0 aromatic heterocycles. The molecule has 0 radical (unpaired) electrons. The summed E-state index contributed by atoms with van der Waals surface area (Å²) < 4.78 is 15.7. The molecule has 0 aliphatic rings. The van der Waals surface area contributed by atoms with Crippen molar-refractivity contribution in [2.75, 3.05) is 21.0 Å². The third-order valence-corrected chi connectivity index (χ3v) is 2.12. The van der Waals surface area contributed by atoms with Gasteiger partial charge in [-0.05, 0) is 19.1 Å². The lowest BCUT2D eigenvalue weighted by Crippen LogP contribution is -2.03. The Bertz CT molecular complexity index is 358. The van der Waals surface area contributed by atoms with Crippen molar-refractivity contribution < 1.29 is 14.2 Å². The first-order valence-corrected chi connectivity index (χ1v) is 5.11. The SMILES string of the molecule is C=C(C)Cc1c(OC)cccc1OCOC. The Kier molecular flexibility index (Phi) is 4.86. The summed E-state index contributed by atoms with van der Waals surface area (Å²) in [6.45, 7) is 6.12. The quantitative estimate of drug-likeness (QED) is 0.547. The molecule has 16 heavy (non-hydrogen) atoms. The Hall–Kier alpha value is -1.48. The van der Waals surface area contributed by atoms with Gasteiger partial charge < -0.3 is 14.2 Å². The smallest absolute Gasteiger partial charge is 0.188 e. The topological polar surface area (TPSA) is 27.7 Å². The molecule has 0 heterocycles. The van der Waals surface area contributed by atoms with Crippen molar-refractivity contribution in [3.05, 3.63) is 35.9 Å². The zero-order chi connectivity index (χ0) is 12.0. The van der Waals surface area contributed by atoms with Crippen LogP contribution in [0.15, 0.2) is 30.4 Å². The minimum atomic E-state index is 0.232. The zero-order valence-corrected chi connectivity index (χ0v) is 10.1. The molecule has 0 N–H and O–H groups in total. The van der Waals surface area contributed by atoms with Crippen molar-refractivity contribution in [3.8, 4) is 11.5 Å². The number of benzene rings is 1. The normalized spacial score (nSPS) is 9.94. The molecule has 0 aliphatic heterocycles. The van der Waals surface area contributed by atoms with E-state index >= 15 is 0 Å². The summed E-state index contributed by atoms with van der Waals surface area (Å²) >= 11 is 0. The Morgan fingerprint density at radius 1 is 1.25 bits per heavy atom. The number of methoxy groups -OCH3 is 2. The summed E-state index contributed by atoms with van der Waals surface area (Å²) in [5.74, 6) is 1.60. The lowest BCUT2D eigenvalue weighted by Gasteiger charge is -2.14. The van der Waals surface area contributed by atoms with E-state index in [2.05, 4.69) is 6.58 Å². The van der Waals surface area contributed by atoms with Crippen LogP contribution in [-0.2, 0) is 11.2 Å². The van der Waals surface area contributed by atoms with E-state index in [4.69, 9.17) is 14.2 Å². The van der Waals surface area contributed by atoms with Crippen LogP contribution in [0.25, 0.3) is 0 Å². The fourth-order valence-electron chi connectivity index (χ4n) is 1.47. The van der Waals surface area contributed by atoms with Crippen LogP contribution in [0.1, 0.15) is 12.5 Å². The summed E-state index contributed by atoms with van der Waals surface area (Å²) in [6, 6.07) is 5.71. The van der Waals surface area contributed by atoms with Crippen LogP contribution in [0.2, 0.25) is 0 Å². The number of ether oxygens (including phenoxy) is 3. The molecule has 0 amide bonds. The molecule has 1 rings (SSSR count). The van der Waals surface area contributed by atoms with Crippen molar-refractivity contribution in [2.45, 2.75) is 13.3 Å². The van der Waals surface area contributed by atoms with Gasteiger partial charge in [0.05, 0.1) is 7.11 Å². The Morgan fingerprint density at radius 2 is 1.94 bits per heavy atom. The highest BCUT2D eigenvalue weighted by Crippen LogP contribution is 2.30. The molecule has 1 aromatic rings. The zero-order valence-electron chi connectivity index (χ0n) is 10.1. The molecule has 3 heteroatoms. The highest BCUT2D eigenvalue weighted by molar-refractivity contribution is 5.46. The first kappa shape index (κ1) is 12.6. The van der Waals surface area contributed by atoms with Gasteiger partial charge in [-0.3, -0.25) is 0 Å². The molecule has 0 saturated carbocycles. The standard InChI is InChI=1S/C13H18O3/c1-10(2)8-11-12(15-4)6-5-7-13(11)16-9-14-3/h5-7H,1,8-9H2,2-4H3. The largest absolute Gasteiger partial charge is 0.496 e. The van der Waals surface area contributed by atoms with E-state index < -0.39 is 0 Å². The maximum absolute atomic E-state index is 5.49. The Balaban J connectivity index is 2.99. The van der Waals surface area contributed by atoms with Crippen molar-refractivity contribution in [2.24, 2.45) is 0 Å². The number of hydrogen-bond donors (Lipinski definition) is 0. The third-order valence-electron chi connectivity index (χ3n) is 2.12. The monoisotopic (exact) mass is 222 g/mol. The van der Waals surface area contributed by atoms with Crippen LogP contribution in [-0.4, -0.2) is 21.0 Å². The molecule has 0 aliphatic carbocycles. The fraction of sp³-hybridized carbons (Fsp3) is 0.385. The second-order valence-corrected chi connectivity index (χ2v) is 3.62. The summed E-state index contributed by atoms with van der Waals surface area (Å²) in [5, 5.41) is 0. The van der Waals surface area contributed by atoms with Crippen molar-refractivity contribution >= 4 is 0 Å². The van der Waals surface area contributed by atoms with E-state index in [1.54, 1.807) is 14.2 Å². The molecule has 3 nitrogen and oxygen atoms in total. The summed E-state index contributed by atoms with van der Waals surface area (Å²) in [7, 11) is 3.25. The predicted octanol–water partition coefficient (Wildman–Crippen LogP) is 2.80. The van der Waals surface area contributed by atoms with Crippen LogP contribution < -0.4 is 9.47 Å². The molecule has 0 saturated heterocycles. The van der Waals surface area contributed by atoms with E-state index in [9.17, 15) is 0 Å². The molecule has 88 valence electrons. The average molecular weight is 222 g/mol. The van der Waals surface area contributed by atoms with Gasteiger partial charge in [-0.1, -0.05) is 18.2 Å². The minimum Gasteiger partial charge on any atom is -0.496 e. The third kappa shape index (κ3) is 3.28. The molecular weight excluding hydrogens is 204 g/mol. The highest BCUT2D eigenvalue weighted by atomic mass is 16.7. The van der Waals surface area contributed by atoms with E-state index in [0.29, 0.717) is 0 Å². The van der Waals surface area contributed by atoms with Gasteiger partial charge in [-0.25, -0.2) is 0 Å². The second kappa shape index (κ2) is 6.18. The fourth-order valence-corrected chi connectivity index (χ4v) is 1.47. The van der Waals surface area contributed by atoms with Crippen LogP contribution in [0.5, 0.6) is 11.5 Å². The highest BCUT2D eigenvalue weighted by Gasteiger charge is 2.10. The molecule has 0 fully saturated rings. The van der Waals surface area contributed by atoms with Crippen molar-refractivity contribution in [1.29, 1.82) is 0 Å². The second-order valence-electron chi connectivity index (χ2n) is 3.62. The Labute approximate surface area is 96.6 Å². The van der Waals surface area contributed by atoms with Gasteiger partial charge in [0.1, 0.15) is 11.5 Å². The maximum atomic E-state index is 5.49. The molecule has 0 atom stereocenters. The van der Waals surface area contributed by atoms with Crippen LogP contribution in [0.4, 0.5) is 0 Å². The molecule has 0 spiro atoms. The van der Waals surface area contributed by atoms with Gasteiger partial charge in [0, 0.05) is 19.1 Å². The van der Waals surface area contributed by atoms with Crippen molar-refractivity contribution in [3.63, 3.8) is 0 Å². The summed E-state index contributed by atoms with van der Waals surface area (Å²) in [4.78, 5) is 0. The van der Waals surface area contributed by atoms with E-state index in [1.807, 2.05) is 25.1 Å². The minimum absolute atomic E-state index is 0.232. The molecular formula is C13H18O3. The van der Waals surface area contributed by atoms with Gasteiger partial charge in [-0.15, -0.1) is 0 Å². The van der Waals surface area contributed by atoms with Gasteiger partial charge >= 0.3 is 0 Å².